The quantitative estimate of drug-likeness (QED) is 0.471. The van der Waals surface area contributed by atoms with Gasteiger partial charge in [-0.3, -0.25) is 4.79 Å². The molecule has 0 saturated heterocycles. The zero-order chi connectivity index (χ0) is 19.9. The molecule has 0 heterocycles. The predicted molar refractivity (Wildman–Crippen MR) is 112 cm³/mol. The number of amides is 1. The highest BCUT2D eigenvalue weighted by Gasteiger charge is 2.21. The van der Waals surface area contributed by atoms with Crippen LogP contribution >= 0.6 is 35.0 Å². The fraction of sp³-hybridized carbons (Fsp3) is 0.278. The molecule has 0 aliphatic rings. The highest BCUT2D eigenvalue weighted by atomic mass is 35.5. The van der Waals surface area contributed by atoms with E-state index in [1.165, 1.54) is 0 Å². The molecule has 0 aliphatic carbocycles. The van der Waals surface area contributed by atoms with Crippen LogP contribution in [0.5, 0.6) is 0 Å². The van der Waals surface area contributed by atoms with Crippen LogP contribution in [-0.2, 0) is 21.4 Å². The Morgan fingerprint density at radius 1 is 1.11 bits per heavy atom. The maximum absolute atomic E-state index is 12.2. The molecule has 1 N–H and O–H groups in total. The van der Waals surface area contributed by atoms with E-state index in [4.69, 9.17) is 23.2 Å². The third kappa shape index (κ3) is 7.71. The molecular weight excluding hydrogens is 427 g/mol. The van der Waals surface area contributed by atoms with Gasteiger partial charge < -0.3 is 5.32 Å². The van der Waals surface area contributed by atoms with Crippen molar-refractivity contribution in [1.29, 1.82) is 0 Å². The number of nitrogens with one attached hydrogen (secondary N) is 1. The van der Waals surface area contributed by atoms with Crippen LogP contribution in [0.3, 0.4) is 0 Å². The van der Waals surface area contributed by atoms with Crippen molar-refractivity contribution in [3.8, 4) is 0 Å². The van der Waals surface area contributed by atoms with Crippen molar-refractivity contribution in [2.24, 2.45) is 0 Å². The van der Waals surface area contributed by atoms with Crippen LogP contribution in [0.15, 0.2) is 53.4 Å². The fourth-order valence-corrected chi connectivity index (χ4v) is 4.03. The normalized spacial score (nSPS) is 11.6. The average Bonchev–Trinajstić information content (AvgIpc) is 2.60. The summed E-state index contributed by atoms with van der Waals surface area (Å²) in [5.41, 5.74) is 0.649. The summed E-state index contributed by atoms with van der Waals surface area (Å²) in [4.78, 5) is 13.2. The molecule has 0 spiro atoms. The number of hydrogen-bond donors (Lipinski definition) is 1. The number of carbonyl (C=O) groups is 1. The Bertz CT molecular complexity index is 874. The molecule has 2 aromatic rings. The topological polar surface area (TPSA) is 66.5 Å². The van der Waals surface area contributed by atoms with E-state index in [2.05, 4.69) is 5.32 Å². The lowest BCUT2D eigenvalue weighted by Crippen LogP contribution is -2.40. The van der Waals surface area contributed by atoms with Gasteiger partial charge in [0.25, 0.3) is 0 Å². The molecule has 0 fully saturated rings. The van der Waals surface area contributed by atoms with Crippen molar-refractivity contribution < 1.29 is 13.2 Å². The van der Waals surface area contributed by atoms with Crippen molar-refractivity contribution in [3.63, 3.8) is 0 Å². The minimum atomic E-state index is -3.56. The monoisotopic (exact) mass is 446 g/mol. The summed E-state index contributed by atoms with van der Waals surface area (Å²) in [6.07, 6.45) is 1.08. The number of thioether (sulfide) groups is 1. The van der Waals surface area contributed by atoms with Crippen molar-refractivity contribution in [3.05, 3.63) is 64.1 Å². The minimum absolute atomic E-state index is 0.0471. The molecule has 146 valence electrons. The third-order valence-corrected chi connectivity index (χ3v) is 6.43. The molecule has 0 atom stereocenters. The van der Waals surface area contributed by atoms with Crippen LogP contribution in [0, 0.1) is 0 Å². The Morgan fingerprint density at radius 2 is 1.78 bits per heavy atom. The maximum atomic E-state index is 12.2. The fourth-order valence-electron chi connectivity index (χ4n) is 2.21. The first-order valence-corrected chi connectivity index (χ1v) is 11.7. The zero-order valence-electron chi connectivity index (χ0n) is 14.7. The first-order valence-electron chi connectivity index (χ1n) is 8.09. The van der Waals surface area contributed by atoms with Gasteiger partial charge in [0, 0.05) is 33.8 Å². The maximum Gasteiger partial charge on any atom is 0.235 e. The van der Waals surface area contributed by atoms with Crippen LogP contribution in [0.2, 0.25) is 10.0 Å². The molecule has 27 heavy (non-hydrogen) atoms. The molecule has 2 rings (SSSR count). The largest absolute Gasteiger partial charge is 0.354 e. The van der Waals surface area contributed by atoms with E-state index >= 15 is 0 Å². The lowest BCUT2D eigenvalue weighted by Gasteiger charge is -2.20. The number of halogens is 2. The summed E-state index contributed by atoms with van der Waals surface area (Å²) in [6, 6.07) is 14.4. The highest BCUT2D eigenvalue weighted by Crippen LogP contribution is 2.20. The number of carbonyl (C=O) groups excluding carboxylic acids is 1. The molecule has 0 bridgehead atoms. The molecule has 0 unspecified atom stereocenters. The second-order valence-electron chi connectivity index (χ2n) is 5.77. The van der Waals surface area contributed by atoms with Crippen LogP contribution in [0.4, 0.5) is 0 Å². The lowest BCUT2D eigenvalue weighted by molar-refractivity contribution is -0.121. The number of sulfonamides is 1. The van der Waals surface area contributed by atoms with Gasteiger partial charge in [0.1, 0.15) is 0 Å². The molecule has 9 heteroatoms. The van der Waals surface area contributed by atoms with Gasteiger partial charge in [-0.25, -0.2) is 8.42 Å². The van der Waals surface area contributed by atoms with Gasteiger partial charge in [0.15, 0.2) is 0 Å². The molecular formula is C18H20Cl2N2O3S2. The van der Waals surface area contributed by atoms with Gasteiger partial charge in [-0.1, -0.05) is 41.4 Å². The van der Waals surface area contributed by atoms with E-state index in [1.54, 1.807) is 48.2 Å². The van der Waals surface area contributed by atoms with Gasteiger partial charge in [-0.2, -0.15) is 4.31 Å². The Kier molecular flexibility index (Phi) is 8.44. The Morgan fingerprint density at radius 3 is 2.41 bits per heavy atom. The summed E-state index contributed by atoms with van der Waals surface area (Å²) in [5.74, 6) is 0.306. The summed E-state index contributed by atoms with van der Waals surface area (Å²) in [7, 11) is -3.56. The summed E-state index contributed by atoms with van der Waals surface area (Å²) >= 11 is 13.5. The molecule has 0 aromatic heterocycles. The zero-order valence-corrected chi connectivity index (χ0v) is 17.8. The van der Waals surface area contributed by atoms with Crippen LogP contribution < -0.4 is 5.32 Å². The predicted octanol–water partition coefficient (Wildman–Crippen LogP) is 3.66. The van der Waals surface area contributed by atoms with Crippen molar-refractivity contribution >= 4 is 50.9 Å². The second-order valence-corrected chi connectivity index (χ2v) is 9.77. The Balaban J connectivity index is 1.85. The molecule has 0 aliphatic heterocycles. The van der Waals surface area contributed by atoms with E-state index in [1.807, 2.05) is 12.1 Å². The van der Waals surface area contributed by atoms with Crippen LogP contribution in [0.1, 0.15) is 5.56 Å². The van der Waals surface area contributed by atoms with Gasteiger partial charge in [0.2, 0.25) is 15.9 Å². The minimum Gasteiger partial charge on any atom is -0.354 e. The summed E-state index contributed by atoms with van der Waals surface area (Å²) in [5, 5.41) is 3.88. The molecule has 0 saturated carbocycles. The average molecular weight is 447 g/mol. The molecule has 1 amide bonds. The highest BCUT2D eigenvalue weighted by molar-refractivity contribution is 7.99. The molecule has 0 radical (unpaired) electrons. The lowest BCUT2D eigenvalue weighted by atomic mass is 10.2. The van der Waals surface area contributed by atoms with Gasteiger partial charge in [-0.15, -0.1) is 11.8 Å². The van der Waals surface area contributed by atoms with Crippen LogP contribution in [0.25, 0.3) is 0 Å². The van der Waals surface area contributed by atoms with Crippen molar-refractivity contribution in [1.82, 2.24) is 9.62 Å². The van der Waals surface area contributed by atoms with E-state index in [0.29, 0.717) is 27.9 Å². The smallest absolute Gasteiger partial charge is 0.235 e. The van der Waals surface area contributed by atoms with Crippen molar-refractivity contribution in [2.75, 3.05) is 25.1 Å². The number of hydrogen-bond acceptors (Lipinski definition) is 4. The van der Waals surface area contributed by atoms with E-state index in [9.17, 15) is 13.2 Å². The first kappa shape index (κ1) is 22.0. The van der Waals surface area contributed by atoms with Gasteiger partial charge in [-0.05, 0) is 35.9 Å². The standard InChI is InChI=1S/C18H20Cl2N2O3S2/c1-27(24,25)22(12-14-4-2-3-5-17(14)20)13-18(23)21-10-11-26-16-8-6-15(19)7-9-16/h2-9H,10-13H2,1H3,(H,21,23). The van der Waals surface area contributed by atoms with E-state index in [0.717, 1.165) is 15.5 Å². The van der Waals surface area contributed by atoms with Gasteiger partial charge >= 0.3 is 0 Å². The molecule has 5 nitrogen and oxygen atoms in total. The van der Waals surface area contributed by atoms with E-state index < -0.39 is 10.0 Å². The summed E-state index contributed by atoms with van der Waals surface area (Å²) in [6.45, 7) is 0.219. The Hall–Kier alpha value is -1.25. The number of benzene rings is 2. The van der Waals surface area contributed by atoms with E-state index in [-0.39, 0.29) is 19.0 Å². The number of nitrogens with zero attached hydrogens (tertiary/aromatic N) is 1. The Labute approximate surface area is 174 Å². The first-order chi connectivity index (χ1) is 12.8. The van der Waals surface area contributed by atoms with Crippen molar-refractivity contribution in [2.45, 2.75) is 11.4 Å². The number of rotatable bonds is 9. The van der Waals surface area contributed by atoms with Crippen LogP contribution in [-0.4, -0.2) is 43.7 Å². The van der Waals surface area contributed by atoms with Gasteiger partial charge in [0.05, 0.1) is 12.8 Å². The second kappa shape index (κ2) is 10.3. The third-order valence-electron chi connectivity index (χ3n) is 3.60. The SMILES string of the molecule is CS(=O)(=O)N(CC(=O)NCCSc1ccc(Cl)cc1)Cc1ccccc1Cl. The summed E-state index contributed by atoms with van der Waals surface area (Å²) < 4.78 is 25.1. The molecule has 2 aromatic carbocycles.